The van der Waals surface area contributed by atoms with Crippen molar-refractivity contribution >= 4 is 11.9 Å². The summed E-state index contributed by atoms with van der Waals surface area (Å²) in [4.78, 5) is 17.1. The van der Waals surface area contributed by atoms with E-state index in [1.807, 2.05) is 55.5 Å². The third kappa shape index (κ3) is 6.88. The fourth-order valence-corrected chi connectivity index (χ4v) is 3.51. The molecule has 0 atom stereocenters. The number of guanidine groups is 1. The number of carbonyl (C=O) groups excluding carboxylic acids is 1. The van der Waals surface area contributed by atoms with Gasteiger partial charge in [0, 0.05) is 12.6 Å². The van der Waals surface area contributed by atoms with Crippen LogP contribution in [0.15, 0.2) is 59.6 Å². The number of aliphatic hydroxyl groups excluding tert-OH is 1. The minimum atomic E-state index is -0.338. The van der Waals surface area contributed by atoms with Gasteiger partial charge in [-0.3, -0.25) is 0 Å². The lowest BCUT2D eigenvalue weighted by Gasteiger charge is -2.27. The second kappa shape index (κ2) is 11.4. The number of ether oxygens (including phenoxy) is 1. The second-order valence-electron chi connectivity index (χ2n) is 7.61. The third-order valence-electron chi connectivity index (χ3n) is 5.18. The first-order valence-electron chi connectivity index (χ1n) is 10.7. The molecule has 0 spiro atoms. The van der Waals surface area contributed by atoms with E-state index in [4.69, 9.17) is 4.74 Å². The predicted molar refractivity (Wildman–Crippen MR) is 118 cm³/mol. The maximum absolute atomic E-state index is 12.4. The predicted octanol–water partition coefficient (Wildman–Crippen LogP) is 3.40. The van der Waals surface area contributed by atoms with Crippen molar-refractivity contribution in [1.29, 1.82) is 0 Å². The minimum absolute atomic E-state index is 0.174. The average Bonchev–Trinajstić information content (AvgIpc) is 2.78. The Bertz CT molecular complexity index is 831. The fourth-order valence-electron chi connectivity index (χ4n) is 3.51. The van der Waals surface area contributed by atoms with Crippen LogP contribution in [-0.2, 0) is 17.9 Å². The van der Waals surface area contributed by atoms with Crippen molar-refractivity contribution < 1.29 is 14.6 Å². The summed E-state index contributed by atoms with van der Waals surface area (Å²) in [6.07, 6.45) is 3.35. The lowest BCUT2D eigenvalue weighted by Crippen LogP contribution is -2.45. The lowest BCUT2D eigenvalue weighted by molar-refractivity contribution is 0.0472. The largest absolute Gasteiger partial charge is 0.457 e. The number of hydrogen-bond donors (Lipinski definition) is 3. The Labute approximate surface area is 178 Å². The van der Waals surface area contributed by atoms with Crippen LogP contribution in [0.3, 0.4) is 0 Å². The van der Waals surface area contributed by atoms with E-state index in [1.165, 1.54) is 0 Å². The Hall–Kier alpha value is -2.86. The Morgan fingerprint density at radius 1 is 1.07 bits per heavy atom. The maximum atomic E-state index is 12.4. The van der Waals surface area contributed by atoms with Crippen LogP contribution in [0.4, 0.5) is 0 Å². The van der Waals surface area contributed by atoms with E-state index in [0.29, 0.717) is 18.2 Å². The van der Waals surface area contributed by atoms with Gasteiger partial charge in [-0.1, -0.05) is 42.5 Å². The molecule has 0 bridgehead atoms. The Kier molecular flexibility index (Phi) is 8.27. The Morgan fingerprint density at radius 3 is 2.53 bits per heavy atom. The van der Waals surface area contributed by atoms with Crippen LogP contribution in [0.2, 0.25) is 0 Å². The zero-order valence-electron chi connectivity index (χ0n) is 17.5. The van der Waals surface area contributed by atoms with Gasteiger partial charge in [-0.2, -0.15) is 0 Å². The number of aliphatic hydroxyl groups is 1. The average molecular weight is 410 g/mol. The van der Waals surface area contributed by atoms with Crippen LogP contribution >= 0.6 is 0 Å². The van der Waals surface area contributed by atoms with E-state index in [-0.39, 0.29) is 18.7 Å². The number of carbonyl (C=O) groups is 1. The van der Waals surface area contributed by atoms with Gasteiger partial charge in [0.25, 0.3) is 0 Å². The number of nitrogens with one attached hydrogen (secondary N) is 2. The summed E-state index contributed by atoms with van der Waals surface area (Å²) >= 11 is 0. The molecule has 0 unspecified atom stereocenters. The highest BCUT2D eigenvalue weighted by atomic mass is 16.5. The Morgan fingerprint density at radius 2 is 1.80 bits per heavy atom. The van der Waals surface area contributed by atoms with E-state index in [0.717, 1.165) is 49.3 Å². The molecule has 160 valence electrons. The smallest absolute Gasteiger partial charge is 0.338 e. The van der Waals surface area contributed by atoms with E-state index < -0.39 is 0 Å². The van der Waals surface area contributed by atoms with Gasteiger partial charge in [-0.25, -0.2) is 9.79 Å². The molecule has 3 N–H and O–H groups in total. The standard InChI is InChI=1S/C24H31N3O3/c1-2-25-24(27-21-11-13-22(28)14-12-21)26-16-19-9-6-10-20(15-19)23(29)30-17-18-7-4-3-5-8-18/h3-10,15,21-22,28H,2,11-14,16-17H2,1H3,(H2,25,26,27). The van der Waals surface area contributed by atoms with E-state index >= 15 is 0 Å². The van der Waals surface area contributed by atoms with E-state index in [9.17, 15) is 9.90 Å². The van der Waals surface area contributed by atoms with Gasteiger partial charge in [0.2, 0.25) is 0 Å². The van der Waals surface area contributed by atoms with Crippen LogP contribution in [-0.4, -0.2) is 35.7 Å². The van der Waals surface area contributed by atoms with Crippen molar-refractivity contribution in [3.63, 3.8) is 0 Å². The quantitative estimate of drug-likeness (QED) is 0.371. The van der Waals surface area contributed by atoms with Crippen molar-refractivity contribution in [3.05, 3.63) is 71.3 Å². The molecule has 30 heavy (non-hydrogen) atoms. The first-order valence-corrected chi connectivity index (χ1v) is 10.7. The number of aliphatic imine (C=N–C) groups is 1. The normalized spacial score (nSPS) is 19.2. The zero-order chi connectivity index (χ0) is 21.2. The van der Waals surface area contributed by atoms with Gasteiger partial charge < -0.3 is 20.5 Å². The summed E-state index contributed by atoms with van der Waals surface area (Å²) in [5.41, 5.74) is 2.43. The van der Waals surface area contributed by atoms with Crippen LogP contribution < -0.4 is 10.6 Å². The van der Waals surface area contributed by atoms with Crippen molar-refractivity contribution in [3.8, 4) is 0 Å². The molecule has 2 aromatic carbocycles. The number of esters is 1. The molecule has 0 aromatic heterocycles. The topological polar surface area (TPSA) is 83.0 Å². The summed E-state index contributed by atoms with van der Waals surface area (Å²) in [5.74, 6) is 0.423. The van der Waals surface area contributed by atoms with Gasteiger partial charge in [0.15, 0.2) is 5.96 Å². The summed E-state index contributed by atoms with van der Waals surface area (Å²) in [5, 5.41) is 16.4. The van der Waals surface area contributed by atoms with Crippen LogP contribution in [0.5, 0.6) is 0 Å². The van der Waals surface area contributed by atoms with E-state index in [1.54, 1.807) is 6.07 Å². The van der Waals surface area contributed by atoms with Gasteiger partial charge in [-0.15, -0.1) is 0 Å². The molecular weight excluding hydrogens is 378 g/mol. The SMILES string of the molecule is CCNC(=NCc1cccc(C(=O)OCc2ccccc2)c1)NC1CCC(O)CC1. The molecule has 0 amide bonds. The van der Waals surface area contributed by atoms with Crippen molar-refractivity contribution in [2.75, 3.05) is 6.54 Å². The van der Waals surface area contributed by atoms with Gasteiger partial charge in [0.1, 0.15) is 6.61 Å². The Balaban J connectivity index is 1.57. The molecule has 1 aliphatic rings. The molecule has 0 radical (unpaired) electrons. The first-order chi connectivity index (χ1) is 14.6. The first kappa shape index (κ1) is 21.8. The molecule has 1 fully saturated rings. The van der Waals surface area contributed by atoms with Gasteiger partial charge >= 0.3 is 5.97 Å². The van der Waals surface area contributed by atoms with Crippen molar-refractivity contribution in [1.82, 2.24) is 10.6 Å². The molecular formula is C24H31N3O3. The number of rotatable bonds is 7. The molecule has 0 aliphatic heterocycles. The van der Waals surface area contributed by atoms with Crippen LogP contribution in [0.25, 0.3) is 0 Å². The molecule has 3 rings (SSSR count). The highest BCUT2D eigenvalue weighted by Crippen LogP contribution is 2.18. The van der Waals surface area contributed by atoms with Crippen molar-refractivity contribution in [2.45, 2.75) is 57.9 Å². The second-order valence-corrected chi connectivity index (χ2v) is 7.61. The number of benzene rings is 2. The van der Waals surface area contributed by atoms with Crippen LogP contribution in [0, 0.1) is 0 Å². The minimum Gasteiger partial charge on any atom is -0.457 e. The van der Waals surface area contributed by atoms with E-state index in [2.05, 4.69) is 15.6 Å². The van der Waals surface area contributed by atoms with Gasteiger partial charge in [-0.05, 0) is 55.9 Å². The summed E-state index contributed by atoms with van der Waals surface area (Å²) in [6.45, 7) is 3.52. The summed E-state index contributed by atoms with van der Waals surface area (Å²) < 4.78 is 5.42. The molecule has 0 heterocycles. The third-order valence-corrected chi connectivity index (χ3v) is 5.18. The maximum Gasteiger partial charge on any atom is 0.338 e. The molecule has 0 saturated heterocycles. The van der Waals surface area contributed by atoms with Crippen LogP contribution in [0.1, 0.15) is 54.1 Å². The summed E-state index contributed by atoms with van der Waals surface area (Å²) in [7, 11) is 0. The molecule has 6 nitrogen and oxygen atoms in total. The number of nitrogens with zero attached hydrogens (tertiary/aromatic N) is 1. The van der Waals surface area contributed by atoms with Crippen molar-refractivity contribution in [2.24, 2.45) is 4.99 Å². The van der Waals surface area contributed by atoms with Gasteiger partial charge in [0.05, 0.1) is 18.2 Å². The molecule has 6 heteroatoms. The highest BCUT2D eigenvalue weighted by Gasteiger charge is 2.20. The highest BCUT2D eigenvalue weighted by molar-refractivity contribution is 5.89. The monoisotopic (exact) mass is 409 g/mol. The molecule has 1 saturated carbocycles. The summed E-state index contributed by atoms with van der Waals surface area (Å²) in [6, 6.07) is 17.4. The number of hydrogen-bond acceptors (Lipinski definition) is 4. The lowest BCUT2D eigenvalue weighted by atomic mass is 9.93. The molecule has 2 aromatic rings. The molecule has 1 aliphatic carbocycles. The zero-order valence-corrected chi connectivity index (χ0v) is 17.5. The fraction of sp³-hybridized carbons (Fsp3) is 0.417.